The molecule has 0 aliphatic heterocycles. The molecule has 4 nitrogen and oxygen atoms in total. The second-order valence-corrected chi connectivity index (χ2v) is 13.0. The molecule has 68 heavy (non-hydrogen) atoms. The standard InChI is InChI=1S/C22Cl2F40O4/c23-21(61,62)19(57,58)17(53,54)15(49,50)13(45,46)11(41,42)9(37,38)7(33,34)5(29,30)3(25,26)1(65)67-68-2(66)4(27,28)6(31,32)8(35,36)10(39,40)12(43,44)14(47,48)16(51,52)18(55,56)20(59,60)22(24,63)64. The molecule has 0 saturated carbocycles. The number of carbonyl (C=O) groups is 2. The summed E-state index contributed by atoms with van der Waals surface area (Å²) in [6, 6.07) is 0. The zero-order valence-corrected chi connectivity index (χ0v) is 30.0. The lowest BCUT2D eigenvalue weighted by Crippen LogP contribution is -2.77. The molecule has 0 saturated heterocycles. The normalized spacial score (nSPS) is 16.8. The van der Waals surface area contributed by atoms with Crippen LogP contribution in [0.4, 0.5) is 176 Å². The fraction of sp³-hybridized carbons (Fsp3) is 0.909. The molecule has 0 aromatic rings. The van der Waals surface area contributed by atoms with Gasteiger partial charge in [0.25, 0.3) is 0 Å². The van der Waals surface area contributed by atoms with Gasteiger partial charge in [0.1, 0.15) is 0 Å². The first-order valence-corrected chi connectivity index (χ1v) is 14.7. The maximum Gasteiger partial charge on any atom is 0.431 e. The van der Waals surface area contributed by atoms with Gasteiger partial charge in [0.15, 0.2) is 0 Å². The fourth-order valence-corrected chi connectivity index (χ4v) is 3.79. The molecule has 0 aromatic heterocycles. The van der Waals surface area contributed by atoms with Crippen LogP contribution in [-0.4, -0.2) is 129 Å². The summed E-state index contributed by atoms with van der Waals surface area (Å²) in [5, 5.41) is -14.9. The molecule has 0 heterocycles. The van der Waals surface area contributed by atoms with Crippen molar-refractivity contribution in [3.05, 3.63) is 0 Å². The zero-order valence-electron chi connectivity index (χ0n) is 28.5. The first-order chi connectivity index (χ1) is 28.5. The average molecular weight is 1160 g/mol. The van der Waals surface area contributed by atoms with Crippen molar-refractivity contribution in [2.24, 2.45) is 0 Å². The molecule has 0 N–H and O–H groups in total. The van der Waals surface area contributed by atoms with E-state index >= 15 is 0 Å². The highest BCUT2D eigenvalue weighted by Gasteiger charge is 3.00. The first-order valence-electron chi connectivity index (χ1n) is 13.9. The molecule has 0 unspecified atom stereocenters. The molecule has 0 amide bonds. The number of alkyl halides is 42. The maximum absolute atomic E-state index is 13.9. The fourth-order valence-electron chi connectivity index (χ4n) is 3.55. The second-order valence-electron chi connectivity index (χ2n) is 12.1. The van der Waals surface area contributed by atoms with Crippen molar-refractivity contribution in [3.63, 3.8) is 0 Å². The van der Waals surface area contributed by atoms with E-state index in [-0.39, 0.29) is 0 Å². The number of hydrogen-bond acceptors (Lipinski definition) is 4. The lowest BCUT2D eigenvalue weighted by Gasteiger charge is -2.44. The van der Waals surface area contributed by atoms with Crippen molar-refractivity contribution in [2.75, 3.05) is 0 Å². The van der Waals surface area contributed by atoms with E-state index in [0.717, 1.165) is 0 Å². The van der Waals surface area contributed by atoms with Gasteiger partial charge in [0.05, 0.1) is 0 Å². The van der Waals surface area contributed by atoms with Gasteiger partial charge in [-0.2, -0.15) is 176 Å². The number of hydrogen-bond donors (Lipinski definition) is 0. The molecule has 0 fully saturated rings. The first kappa shape index (κ1) is 64.7. The number of carbonyl (C=O) groups excluding carboxylic acids is 2. The molecule has 0 bridgehead atoms. The van der Waals surface area contributed by atoms with Gasteiger partial charge in [-0.15, -0.1) is 0 Å². The predicted molar refractivity (Wildman–Crippen MR) is 123 cm³/mol. The Bertz CT molecular complexity index is 1750. The van der Waals surface area contributed by atoms with Crippen molar-refractivity contribution < 1.29 is 195 Å². The van der Waals surface area contributed by atoms with Crippen molar-refractivity contribution in [1.82, 2.24) is 0 Å². The van der Waals surface area contributed by atoms with Crippen molar-refractivity contribution in [1.29, 1.82) is 0 Å². The second kappa shape index (κ2) is 16.1. The lowest BCUT2D eigenvalue weighted by molar-refractivity contribution is -0.466. The van der Waals surface area contributed by atoms with E-state index in [2.05, 4.69) is 23.2 Å². The van der Waals surface area contributed by atoms with E-state index in [0.29, 0.717) is 0 Å². The topological polar surface area (TPSA) is 52.6 Å². The van der Waals surface area contributed by atoms with E-state index in [1.54, 1.807) is 0 Å². The van der Waals surface area contributed by atoms with Gasteiger partial charge < -0.3 is 0 Å². The third kappa shape index (κ3) is 7.74. The third-order valence-corrected chi connectivity index (χ3v) is 8.20. The highest BCUT2D eigenvalue weighted by Crippen LogP contribution is 2.69. The molecule has 0 aromatic carbocycles. The van der Waals surface area contributed by atoms with Gasteiger partial charge in [-0.05, 0) is 23.2 Å². The molecule has 0 aliphatic rings. The number of rotatable bonds is 20. The maximum atomic E-state index is 13.9. The van der Waals surface area contributed by atoms with Crippen LogP contribution in [-0.2, 0) is 19.4 Å². The Hall–Kier alpha value is -3.28. The molecule has 406 valence electrons. The molecule has 0 aliphatic carbocycles. The molecule has 46 heteroatoms. The lowest BCUT2D eigenvalue weighted by atomic mass is 9.86. The summed E-state index contributed by atoms with van der Waals surface area (Å²) in [4.78, 5) is 25.1. The van der Waals surface area contributed by atoms with Crippen LogP contribution >= 0.6 is 23.2 Å². The Morgan fingerprint density at radius 2 is 0.309 bits per heavy atom. The van der Waals surface area contributed by atoms with Crippen LogP contribution in [0.25, 0.3) is 0 Å². The Kier molecular flexibility index (Phi) is 15.3. The van der Waals surface area contributed by atoms with Gasteiger partial charge >= 0.3 is 129 Å². The van der Waals surface area contributed by atoms with E-state index in [1.807, 2.05) is 0 Å². The Labute approximate surface area is 348 Å². The van der Waals surface area contributed by atoms with E-state index in [1.165, 1.54) is 9.78 Å². The minimum absolute atomic E-state index is 1.47. The Morgan fingerprint density at radius 3 is 0.426 bits per heavy atom. The molecule has 0 atom stereocenters. The highest BCUT2D eigenvalue weighted by atomic mass is 35.5. The van der Waals surface area contributed by atoms with Crippen LogP contribution in [0.5, 0.6) is 0 Å². The Balaban J connectivity index is 7.24. The van der Waals surface area contributed by atoms with Gasteiger partial charge in [-0.25, -0.2) is 19.4 Å². The van der Waals surface area contributed by atoms with Crippen molar-refractivity contribution >= 4 is 35.1 Å². The monoisotopic (exact) mass is 1160 g/mol. The van der Waals surface area contributed by atoms with Gasteiger partial charge in [0, 0.05) is 0 Å². The van der Waals surface area contributed by atoms with Crippen LogP contribution in [0.3, 0.4) is 0 Å². The van der Waals surface area contributed by atoms with Crippen molar-refractivity contribution in [2.45, 2.75) is 117 Å². The molecule has 0 radical (unpaired) electrons. The summed E-state index contributed by atoms with van der Waals surface area (Å²) in [5.74, 6) is -181. The third-order valence-electron chi connectivity index (χ3n) is 7.73. The largest absolute Gasteiger partial charge is 0.431 e. The summed E-state index contributed by atoms with van der Waals surface area (Å²) < 4.78 is 542. The summed E-state index contributed by atoms with van der Waals surface area (Å²) in [5.41, 5.74) is 0. The molecular formula is C22Cl2F40O4. The molecule has 0 spiro atoms. The summed E-state index contributed by atoms with van der Waals surface area (Å²) in [6.45, 7) is 0. The van der Waals surface area contributed by atoms with Crippen LogP contribution in [0, 0.1) is 0 Å². The van der Waals surface area contributed by atoms with Crippen LogP contribution in [0.2, 0.25) is 0 Å². The molecule has 0 rings (SSSR count). The smallest absolute Gasteiger partial charge is 0.240 e. The van der Waals surface area contributed by atoms with Crippen LogP contribution in [0.1, 0.15) is 0 Å². The van der Waals surface area contributed by atoms with Crippen LogP contribution < -0.4 is 0 Å². The van der Waals surface area contributed by atoms with E-state index < -0.39 is 129 Å². The summed E-state index contributed by atoms with van der Waals surface area (Å²) in [7, 11) is 0. The van der Waals surface area contributed by atoms with Gasteiger partial charge in [-0.3, -0.25) is 0 Å². The Morgan fingerprint density at radius 1 is 0.206 bits per heavy atom. The SMILES string of the molecule is O=C(OOC(=O)C(F)(F)C(F)(F)C(F)(F)C(F)(F)C(F)(F)C(F)(F)C(F)(F)C(F)(F)C(F)(F)C(F)(F)Cl)C(F)(F)C(F)(F)C(F)(F)C(F)(F)C(F)(F)C(F)(F)C(F)(F)C(F)(F)C(F)(F)C(F)(F)Cl. The van der Waals surface area contributed by atoms with E-state index in [9.17, 15) is 185 Å². The quantitative estimate of drug-likeness (QED) is 0.0528. The predicted octanol–water partition coefficient (Wildman–Crippen LogP) is 13.1. The minimum Gasteiger partial charge on any atom is -0.240 e. The zero-order chi connectivity index (χ0) is 56.6. The summed E-state index contributed by atoms with van der Waals surface area (Å²) in [6.07, 6.45) is 0. The molecular weight excluding hydrogens is 1160 g/mol. The summed E-state index contributed by atoms with van der Waals surface area (Å²) >= 11 is 6.32. The van der Waals surface area contributed by atoms with Crippen LogP contribution in [0.15, 0.2) is 0 Å². The van der Waals surface area contributed by atoms with Gasteiger partial charge in [0.2, 0.25) is 0 Å². The van der Waals surface area contributed by atoms with Gasteiger partial charge in [-0.1, -0.05) is 0 Å². The minimum atomic E-state index is -9.90. The number of halogens is 42. The van der Waals surface area contributed by atoms with E-state index in [4.69, 9.17) is 0 Å². The van der Waals surface area contributed by atoms with Crippen molar-refractivity contribution in [3.8, 4) is 0 Å². The average Bonchev–Trinajstić information content (AvgIpc) is 3.10. The highest BCUT2D eigenvalue weighted by molar-refractivity contribution is 6.22.